The van der Waals surface area contributed by atoms with Crippen molar-refractivity contribution in [3.05, 3.63) is 48.0 Å². The van der Waals surface area contributed by atoms with E-state index in [0.29, 0.717) is 29.0 Å². The Morgan fingerprint density at radius 3 is 2.67 bits per heavy atom. The molecule has 0 aliphatic carbocycles. The molecule has 0 aliphatic heterocycles. The van der Waals surface area contributed by atoms with Gasteiger partial charge in [-0.2, -0.15) is 0 Å². The number of hydrogen-bond acceptors (Lipinski definition) is 2. The van der Waals surface area contributed by atoms with Gasteiger partial charge in [-0.05, 0) is 36.8 Å². The van der Waals surface area contributed by atoms with Crippen LogP contribution in [0.5, 0.6) is 0 Å². The molecule has 0 spiro atoms. The molecule has 0 saturated heterocycles. The highest BCUT2D eigenvalue weighted by atomic mass is 19.1. The highest BCUT2D eigenvalue weighted by Gasteiger charge is 2.15. The second kappa shape index (κ2) is 5.16. The van der Waals surface area contributed by atoms with E-state index in [1.807, 2.05) is 17.6 Å². The van der Waals surface area contributed by atoms with Crippen molar-refractivity contribution in [2.24, 2.45) is 0 Å². The van der Waals surface area contributed by atoms with Gasteiger partial charge in [-0.15, -0.1) is 0 Å². The lowest BCUT2D eigenvalue weighted by Crippen LogP contribution is -2.00. The second-order valence-electron chi connectivity index (χ2n) is 4.93. The van der Waals surface area contributed by atoms with Crippen molar-refractivity contribution >= 4 is 16.7 Å². The van der Waals surface area contributed by atoms with Crippen molar-refractivity contribution in [3.8, 4) is 11.4 Å². The normalized spacial score (nSPS) is 11.2. The van der Waals surface area contributed by atoms with Crippen LogP contribution in [0.3, 0.4) is 0 Å². The Hall–Kier alpha value is -2.43. The maximum Gasteiger partial charge on any atom is 0.151 e. The molecule has 1 heterocycles. The lowest BCUT2D eigenvalue weighted by molar-refractivity contribution is 0.632. The van der Waals surface area contributed by atoms with Gasteiger partial charge in [0.15, 0.2) is 5.82 Å². The number of fused-ring (bicyclic) bond motifs is 1. The van der Waals surface area contributed by atoms with E-state index in [1.165, 1.54) is 18.2 Å². The van der Waals surface area contributed by atoms with Crippen LogP contribution in [-0.4, -0.2) is 9.55 Å². The third-order valence-corrected chi connectivity index (χ3v) is 3.44. The Balaban J connectivity index is 2.27. The lowest BCUT2D eigenvalue weighted by atomic mass is 10.2. The molecule has 0 unspecified atom stereocenters. The van der Waals surface area contributed by atoms with Crippen molar-refractivity contribution in [1.29, 1.82) is 0 Å². The van der Waals surface area contributed by atoms with Gasteiger partial charge in [-0.25, -0.2) is 13.8 Å². The van der Waals surface area contributed by atoms with E-state index < -0.39 is 5.82 Å². The highest BCUT2D eigenvalue weighted by molar-refractivity contribution is 5.81. The minimum atomic E-state index is -0.497. The molecule has 0 fully saturated rings. The quantitative estimate of drug-likeness (QED) is 0.741. The Labute approximate surface area is 121 Å². The van der Waals surface area contributed by atoms with Gasteiger partial charge in [-0.3, -0.25) is 0 Å². The first-order chi connectivity index (χ1) is 10.1. The van der Waals surface area contributed by atoms with Crippen molar-refractivity contribution in [2.45, 2.75) is 19.9 Å². The number of aromatic nitrogens is 2. The molecule has 1 aromatic heterocycles. The van der Waals surface area contributed by atoms with Crippen LogP contribution in [0.1, 0.15) is 13.3 Å². The second-order valence-corrected chi connectivity index (χ2v) is 4.93. The maximum atomic E-state index is 13.9. The first-order valence-corrected chi connectivity index (χ1v) is 6.82. The minimum Gasteiger partial charge on any atom is -0.396 e. The number of nitrogens with zero attached hydrogens (tertiary/aromatic N) is 2. The van der Waals surface area contributed by atoms with Gasteiger partial charge in [0, 0.05) is 12.1 Å². The van der Waals surface area contributed by atoms with Crippen LogP contribution in [0.4, 0.5) is 14.5 Å². The van der Waals surface area contributed by atoms with Gasteiger partial charge < -0.3 is 10.3 Å². The molecule has 0 amide bonds. The largest absolute Gasteiger partial charge is 0.396 e. The number of para-hydroxylation sites is 1. The Bertz CT molecular complexity index is 809. The fraction of sp³-hybridized carbons (Fsp3) is 0.188. The number of benzene rings is 2. The van der Waals surface area contributed by atoms with Crippen LogP contribution < -0.4 is 5.73 Å². The molecule has 108 valence electrons. The summed E-state index contributed by atoms with van der Waals surface area (Å²) in [6.45, 7) is 2.71. The van der Waals surface area contributed by atoms with Gasteiger partial charge in [0.1, 0.15) is 17.2 Å². The molecule has 2 aromatic carbocycles. The molecule has 0 atom stereocenters. The zero-order valence-corrected chi connectivity index (χ0v) is 11.6. The molecule has 3 nitrogen and oxygen atoms in total. The number of nitrogen functional groups attached to an aromatic ring is 1. The summed E-state index contributed by atoms with van der Waals surface area (Å²) in [6, 6.07) is 9.37. The zero-order chi connectivity index (χ0) is 15.0. The topological polar surface area (TPSA) is 43.8 Å². The van der Waals surface area contributed by atoms with E-state index >= 15 is 0 Å². The first-order valence-electron chi connectivity index (χ1n) is 6.82. The first kappa shape index (κ1) is 13.5. The summed E-state index contributed by atoms with van der Waals surface area (Å²) in [4.78, 5) is 4.35. The number of anilines is 1. The molecular weight excluding hydrogens is 272 g/mol. The fourth-order valence-corrected chi connectivity index (χ4v) is 2.45. The van der Waals surface area contributed by atoms with E-state index in [9.17, 15) is 8.78 Å². The van der Waals surface area contributed by atoms with Crippen molar-refractivity contribution in [2.75, 3.05) is 5.73 Å². The number of halogens is 2. The van der Waals surface area contributed by atoms with Crippen molar-refractivity contribution in [1.82, 2.24) is 9.55 Å². The number of nitrogens with two attached hydrogens (primary N) is 1. The molecule has 3 aromatic rings. The van der Waals surface area contributed by atoms with Crippen LogP contribution in [0.2, 0.25) is 0 Å². The van der Waals surface area contributed by atoms with E-state index in [0.717, 1.165) is 6.42 Å². The van der Waals surface area contributed by atoms with Crippen molar-refractivity contribution < 1.29 is 8.78 Å². The van der Waals surface area contributed by atoms with Gasteiger partial charge in [0.25, 0.3) is 0 Å². The average molecular weight is 287 g/mol. The summed E-state index contributed by atoms with van der Waals surface area (Å²) < 4.78 is 29.5. The summed E-state index contributed by atoms with van der Waals surface area (Å²) in [5, 5.41) is 0. The summed E-state index contributed by atoms with van der Waals surface area (Å²) in [5.74, 6) is -0.321. The average Bonchev–Trinajstić information content (AvgIpc) is 2.83. The van der Waals surface area contributed by atoms with Gasteiger partial charge in [0.2, 0.25) is 0 Å². The third-order valence-electron chi connectivity index (χ3n) is 3.44. The lowest BCUT2D eigenvalue weighted by Gasteiger charge is -2.08. The Morgan fingerprint density at radius 2 is 1.95 bits per heavy atom. The Kier molecular flexibility index (Phi) is 3.33. The smallest absolute Gasteiger partial charge is 0.151 e. The van der Waals surface area contributed by atoms with E-state index in [2.05, 4.69) is 4.98 Å². The monoisotopic (exact) mass is 287 g/mol. The van der Waals surface area contributed by atoms with Crippen LogP contribution in [0.25, 0.3) is 22.4 Å². The van der Waals surface area contributed by atoms with Gasteiger partial charge >= 0.3 is 0 Å². The molecular formula is C16H15F2N3. The van der Waals surface area contributed by atoms with Crippen molar-refractivity contribution in [3.63, 3.8) is 0 Å². The zero-order valence-electron chi connectivity index (χ0n) is 11.6. The fourth-order valence-electron chi connectivity index (χ4n) is 2.45. The number of rotatable bonds is 3. The summed E-state index contributed by atoms with van der Waals surface area (Å²) in [5.41, 5.74) is 7.19. The molecule has 0 aliphatic rings. The molecule has 3 rings (SSSR count). The van der Waals surface area contributed by atoms with Crippen LogP contribution in [0.15, 0.2) is 36.4 Å². The molecule has 0 bridgehead atoms. The van der Waals surface area contributed by atoms with E-state index in [1.54, 1.807) is 12.1 Å². The number of hydrogen-bond donors (Lipinski definition) is 1. The predicted octanol–water partition coefficient (Wildman–Crippen LogP) is 3.97. The van der Waals surface area contributed by atoms with E-state index in [-0.39, 0.29) is 11.5 Å². The molecule has 5 heteroatoms. The van der Waals surface area contributed by atoms with Gasteiger partial charge in [-0.1, -0.05) is 13.0 Å². The molecule has 2 N–H and O–H groups in total. The molecule has 21 heavy (non-hydrogen) atoms. The summed E-state index contributed by atoms with van der Waals surface area (Å²) >= 11 is 0. The van der Waals surface area contributed by atoms with Crippen LogP contribution >= 0.6 is 0 Å². The maximum absolute atomic E-state index is 13.9. The number of imidazole rings is 1. The third kappa shape index (κ3) is 2.24. The highest BCUT2D eigenvalue weighted by Crippen LogP contribution is 2.28. The Morgan fingerprint density at radius 1 is 1.14 bits per heavy atom. The van der Waals surface area contributed by atoms with Gasteiger partial charge in [0.05, 0.1) is 11.2 Å². The standard InChI is InChI=1S/C16H15F2N3/c1-2-8-21-14-5-3-4-11(17)15(14)20-16(21)10-6-7-13(19)12(18)9-10/h3-7,9H,2,8,19H2,1H3. The number of aryl methyl sites for hydroxylation is 1. The molecule has 0 radical (unpaired) electrons. The van der Waals surface area contributed by atoms with Crippen LogP contribution in [0, 0.1) is 11.6 Å². The summed E-state index contributed by atoms with van der Waals surface area (Å²) in [7, 11) is 0. The minimum absolute atomic E-state index is 0.0862. The van der Waals surface area contributed by atoms with Crippen LogP contribution in [-0.2, 0) is 6.54 Å². The van der Waals surface area contributed by atoms with E-state index in [4.69, 9.17) is 5.73 Å². The summed E-state index contributed by atoms with van der Waals surface area (Å²) in [6.07, 6.45) is 0.867. The SMILES string of the molecule is CCCn1c(-c2ccc(N)c(F)c2)nc2c(F)cccc21. The molecule has 0 saturated carbocycles. The predicted molar refractivity (Wildman–Crippen MR) is 79.8 cm³/mol.